The summed E-state index contributed by atoms with van der Waals surface area (Å²) in [7, 11) is 0. The summed E-state index contributed by atoms with van der Waals surface area (Å²) in [4.78, 5) is 37.8. The van der Waals surface area contributed by atoms with Crippen molar-refractivity contribution in [2.75, 3.05) is 11.9 Å². The van der Waals surface area contributed by atoms with Crippen LogP contribution in [0.5, 0.6) is 0 Å². The van der Waals surface area contributed by atoms with Crippen molar-refractivity contribution in [2.45, 2.75) is 12.7 Å². The Bertz CT molecular complexity index is 1180. The van der Waals surface area contributed by atoms with Crippen LogP contribution in [0.1, 0.15) is 5.82 Å². The first-order valence-corrected chi connectivity index (χ1v) is 8.86. The second kappa shape index (κ2) is 8.60. The van der Waals surface area contributed by atoms with Gasteiger partial charge in [-0.2, -0.15) is 13.2 Å². The average Bonchev–Trinajstić information content (AvgIpc) is 3.06. The maximum Gasteiger partial charge on any atom is 0.449 e. The molecule has 0 spiro atoms. The molecule has 0 saturated heterocycles. The molecule has 0 saturated carbocycles. The van der Waals surface area contributed by atoms with Crippen LogP contribution < -0.4 is 5.32 Å². The van der Waals surface area contributed by atoms with E-state index in [9.17, 15) is 32.9 Å². The third-order valence-electron chi connectivity index (χ3n) is 3.99. The minimum absolute atomic E-state index is 0.0374. The molecule has 3 aromatic rings. The standard InChI is InChI=1S/C18H12ClF3N4O5/c19-10-5-6-12(14(7-10)26(29)30)23-15(27)9-31-16(28)8-25-13-4-2-1-3-11(13)24-17(25)18(20,21)22/h1-7H,8-9H2,(H,23,27). The Morgan fingerprint density at radius 3 is 2.61 bits per heavy atom. The lowest BCUT2D eigenvalue weighted by atomic mass is 10.2. The number of ether oxygens (including phenoxy) is 1. The van der Waals surface area contributed by atoms with Gasteiger partial charge < -0.3 is 14.6 Å². The van der Waals surface area contributed by atoms with Gasteiger partial charge in [-0.3, -0.25) is 19.7 Å². The molecule has 31 heavy (non-hydrogen) atoms. The molecule has 0 aliphatic heterocycles. The molecule has 162 valence electrons. The summed E-state index contributed by atoms with van der Waals surface area (Å²) in [6.07, 6.45) is -4.82. The molecule has 0 fully saturated rings. The van der Waals surface area contributed by atoms with Gasteiger partial charge in [-0.1, -0.05) is 23.7 Å². The van der Waals surface area contributed by atoms with Crippen molar-refractivity contribution >= 4 is 45.9 Å². The van der Waals surface area contributed by atoms with E-state index in [-0.39, 0.29) is 21.7 Å². The quantitative estimate of drug-likeness (QED) is 0.342. The molecule has 0 unspecified atom stereocenters. The number of anilines is 1. The number of nitrogens with one attached hydrogen (secondary N) is 1. The Labute approximate surface area is 176 Å². The highest BCUT2D eigenvalue weighted by atomic mass is 35.5. The van der Waals surface area contributed by atoms with Gasteiger partial charge in [0.15, 0.2) is 6.61 Å². The van der Waals surface area contributed by atoms with Gasteiger partial charge in [0.05, 0.1) is 16.0 Å². The lowest BCUT2D eigenvalue weighted by molar-refractivity contribution is -0.383. The maximum absolute atomic E-state index is 13.3. The van der Waals surface area contributed by atoms with E-state index in [1.165, 1.54) is 36.4 Å². The van der Waals surface area contributed by atoms with Crippen molar-refractivity contribution in [1.82, 2.24) is 9.55 Å². The number of aromatic nitrogens is 2. The van der Waals surface area contributed by atoms with Crippen LogP contribution in [0.25, 0.3) is 11.0 Å². The van der Waals surface area contributed by atoms with Crippen molar-refractivity contribution in [3.8, 4) is 0 Å². The zero-order valence-electron chi connectivity index (χ0n) is 15.4. The summed E-state index contributed by atoms with van der Waals surface area (Å²) in [6.45, 7) is -1.71. The smallest absolute Gasteiger partial charge is 0.449 e. The molecule has 1 amide bonds. The van der Waals surface area contributed by atoms with Gasteiger partial charge in [-0.25, -0.2) is 4.98 Å². The number of imidazole rings is 1. The SMILES string of the molecule is O=C(COC(=O)Cn1c(C(F)(F)F)nc2ccccc21)Nc1ccc(Cl)cc1[N+](=O)[O-]. The van der Waals surface area contributed by atoms with Gasteiger partial charge in [-0.15, -0.1) is 0 Å². The monoisotopic (exact) mass is 456 g/mol. The third-order valence-corrected chi connectivity index (χ3v) is 4.23. The Morgan fingerprint density at radius 2 is 1.94 bits per heavy atom. The number of halogens is 4. The number of carbonyl (C=O) groups excluding carboxylic acids is 2. The van der Waals surface area contributed by atoms with Crippen LogP contribution in [0.2, 0.25) is 5.02 Å². The van der Waals surface area contributed by atoms with E-state index >= 15 is 0 Å². The van der Waals surface area contributed by atoms with Crippen molar-refractivity contribution < 1.29 is 32.4 Å². The van der Waals surface area contributed by atoms with Crippen molar-refractivity contribution in [1.29, 1.82) is 0 Å². The van der Waals surface area contributed by atoms with Crippen LogP contribution in [0, 0.1) is 10.1 Å². The summed E-state index contributed by atoms with van der Waals surface area (Å²) in [5, 5.41) is 13.3. The summed E-state index contributed by atoms with van der Waals surface area (Å²) in [5.74, 6) is -3.34. The van der Waals surface area contributed by atoms with Gasteiger partial charge in [-0.05, 0) is 24.3 Å². The molecule has 9 nitrogen and oxygen atoms in total. The molecule has 0 radical (unpaired) electrons. The summed E-state index contributed by atoms with van der Waals surface area (Å²) < 4.78 is 45.1. The Balaban J connectivity index is 1.69. The number of hydrogen-bond acceptors (Lipinski definition) is 6. The number of hydrogen-bond donors (Lipinski definition) is 1. The Hall–Kier alpha value is -3.67. The number of nitrogens with zero attached hydrogens (tertiary/aromatic N) is 3. The number of carbonyl (C=O) groups is 2. The van der Waals surface area contributed by atoms with Gasteiger partial charge >= 0.3 is 12.1 Å². The van der Waals surface area contributed by atoms with Crippen LogP contribution in [-0.4, -0.2) is 33.0 Å². The molecule has 2 aromatic carbocycles. The fourth-order valence-corrected chi connectivity index (χ4v) is 2.89. The van der Waals surface area contributed by atoms with Crippen molar-refractivity contribution in [3.05, 3.63) is 63.4 Å². The van der Waals surface area contributed by atoms with E-state index in [2.05, 4.69) is 10.3 Å². The zero-order chi connectivity index (χ0) is 22.8. The van der Waals surface area contributed by atoms with E-state index in [1.807, 2.05) is 0 Å². The maximum atomic E-state index is 13.3. The first-order valence-electron chi connectivity index (χ1n) is 8.48. The van der Waals surface area contributed by atoms with E-state index in [4.69, 9.17) is 16.3 Å². The normalized spacial score (nSPS) is 11.4. The number of alkyl halides is 3. The number of nitro benzene ring substituents is 1. The number of amides is 1. The van der Waals surface area contributed by atoms with Gasteiger partial charge in [0.2, 0.25) is 5.82 Å². The van der Waals surface area contributed by atoms with E-state index < -0.39 is 47.6 Å². The minimum atomic E-state index is -4.82. The molecule has 0 aliphatic rings. The fourth-order valence-electron chi connectivity index (χ4n) is 2.72. The predicted octanol–water partition coefficient (Wildman–Crippen LogP) is 3.80. The summed E-state index contributed by atoms with van der Waals surface area (Å²) in [6, 6.07) is 9.21. The lowest BCUT2D eigenvalue weighted by Crippen LogP contribution is -2.25. The van der Waals surface area contributed by atoms with Crippen molar-refractivity contribution in [2.24, 2.45) is 0 Å². The largest absolute Gasteiger partial charge is 0.454 e. The predicted molar refractivity (Wildman–Crippen MR) is 102 cm³/mol. The minimum Gasteiger partial charge on any atom is -0.454 e. The molecule has 13 heteroatoms. The fraction of sp³-hybridized carbons (Fsp3) is 0.167. The topological polar surface area (TPSA) is 116 Å². The zero-order valence-corrected chi connectivity index (χ0v) is 16.1. The van der Waals surface area contributed by atoms with Crippen LogP contribution in [0.4, 0.5) is 24.5 Å². The van der Waals surface area contributed by atoms with Gasteiger partial charge in [0, 0.05) is 11.1 Å². The molecule has 1 heterocycles. The molecule has 1 N–H and O–H groups in total. The first-order chi connectivity index (χ1) is 14.6. The molecular formula is C18H12ClF3N4O5. The Morgan fingerprint density at radius 1 is 1.23 bits per heavy atom. The molecule has 0 bridgehead atoms. The molecular weight excluding hydrogens is 445 g/mol. The number of para-hydroxylation sites is 2. The average molecular weight is 457 g/mol. The summed E-state index contributed by atoms with van der Waals surface area (Å²) >= 11 is 5.68. The highest BCUT2D eigenvalue weighted by molar-refractivity contribution is 6.31. The first kappa shape index (κ1) is 22.0. The number of fused-ring (bicyclic) bond motifs is 1. The second-order valence-corrected chi connectivity index (χ2v) is 6.57. The number of esters is 1. The van der Waals surface area contributed by atoms with Gasteiger partial charge in [0.1, 0.15) is 12.2 Å². The Kier molecular flexibility index (Phi) is 6.11. The second-order valence-electron chi connectivity index (χ2n) is 6.14. The van der Waals surface area contributed by atoms with E-state index in [0.717, 1.165) is 6.07 Å². The molecule has 3 rings (SSSR count). The van der Waals surface area contributed by atoms with E-state index in [1.54, 1.807) is 0 Å². The molecule has 0 aliphatic carbocycles. The summed E-state index contributed by atoms with van der Waals surface area (Å²) in [5.41, 5.74) is -0.564. The van der Waals surface area contributed by atoms with Crippen LogP contribution in [0.15, 0.2) is 42.5 Å². The third kappa shape index (κ3) is 5.09. The molecule has 1 aromatic heterocycles. The highest BCUT2D eigenvalue weighted by Crippen LogP contribution is 2.31. The number of nitro groups is 1. The number of rotatable bonds is 6. The van der Waals surface area contributed by atoms with Crippen molar-refractivity contribution in [3.63, 3.8) is 0 Å². The van der Waals surface area contributed by atoms with Crippen LogP contribution in [0.3, 0.4) is 0 Å². The highest BCUT2D eigenvalue weighted by Gasteiger charge is 2.38. The molecule has 0 atom stereocenters. The number of benzene rings is 2. The van der Waals surface area contributed by atoms with Crippen LogP contribution in [-0.2, 0) is 27.0 Å². The van der Waals surface area contributed by atoms with Gasteiger partial charge in [0.25, 0.3) is 11.6 Å². The lowest BCUT2D eigenvalue weighted by Gasteiger charge is -2.11. The van der Waals surface area contributed by atoms with E-state index in [0.29, 0.717) is 4.57 Å². The van der Waals surface area contributed by atoms with Crippen LogP contribution >= 0.6 is 11.6 Å².